The van der Waals surface area contributed by atoms with Crippen LogP contribution in [-0.2, 0) is 7.05 Å². The number of halogens is 2. The number of aryl methyl sites for hydroxylation is 1. The maximum atomic E-state index is 3.58. The second-order valence-electron chi connectivity index (χ2n) is 3.11. The molecule has 3 heteroatoms. The van der Waals surface area contributed by atoms with Crippen molar-refractivity contribution in [2.45, 2.75) is 0 Å². The minimum Gasteiger partial charge on any atom is -0.351 e. The van der Waals surface area contributed by atoms with Crippen molar-refractivity contribution >= 4 is 31.9 Å². The Kier molecular flexibility index (Phi) is 2.79. The van der Waals surface area contributed by atoms with Gasteiger partial charge in [0.25, 0.3) is 0 Å². The molecular formula is C11H9Br2N. The molecule has 0 radical (unpaired) electrons. The molecule has 0 aliphatic carbocycles. The van der Waals surface area contributed by atoms with Gasteiger partial charge < -0.3 is 4.57 Å². The first-order chi connectivity index (χ1) is 6.70. The van der Waals surface area contributed by atoms with E-state index in [1.54, 1.807) is 0 Å². The summed E-state index contributed by atoms with van der Waals surface area (Å²) in [5, 5.41) is 0. The molecule has 0 N–H and O–H groups in total. The number of nitrogens with zero attached hydrogens (tertiary/aromatic N) is 1. The maximum Gasteiger partial charge on any atom is 0.0489 e. The Morgan fingerprint density at radius 1 is 1.07 bits per heavy atom. The van der Waals surface area contributed by atoms with Gasteiger partial charge in [0, 0.05) is 33.4 Å². The molecule has 0 amide bonds. The molecule has 0 aliphatic rings. The molecule has 0 bridgehead atoms. The largest absolute Gasteiger partial charge is 0.351 e. The van der Waals surface area contributed by atoms with Crippen molar-refractivity contribution in [1.82, 2.24) is 4.57 Å². The Balaban J connectivity index is 2.63. The highest BCUT2D eigenvalue weighted by molar-refractivity contribution is 9.13. The van der Waals surface area contributed by atoms with E-state index in [0.29, 0.717) is 0 Å². The minimum absolute atomic E-state index is 1.08. The third-order valence-corrected chi connectivity index (χ3v) is 4.22. The van der Waals surface area contributed by atoms with Crippen LogP contribution in [0.25, 0.3) is 11.3 Å². The molecule has 0 saturated heterocycles. The first-order valence-corrected chi connectivity index (χ1v) is 5.84. The summed E-state index contributed by atoms with van der Waals surface area (Å²) in [7, 11) is 2.04. The fraction of sp³-hybridized carbons (Fsp3) is 0.0909. The van der Waals surface area contributed by atoms with E-state index in [1.165, 1.54) is 11.3 Å². The van der Waals surface area contributed by atoms with Crippen LogP contribution >= 0.6 is 31.9 Å². The van der Waals surface area contributed by atoms with Crippen LogP contribution in [0.4, 0.5) is 0 Å². The lowest BCUT2D eigenvalue weighted by Crippen LogP contribution is -1.90. The summed E-state index contributed by atoms with van der Waals surface area (Å²) < 4.78 is 4.28. The van der Waals surface area contributed by atoms with E-state index in [1.807, 2.05) is 31.4 Å². The second kappa shape index (κ2) is 3.91. The quantitative estimate of drug-likeness (QED) is 0.743. The van der Waals surface area contributed by atoms with Crippen LogP contribution in [0.1, 0.15) is 0 Å². The topological polar surface area (TPSA) is 4.93 Å². The standard InChI is InChI=1S/C11H9Br2N/c1-14-7-3-6-10(14)8-4-2-5-9(12)11(8)13/h2-7H,1H3. The Morgan fingerprint density at radius 3 is 2.50 bits per heavy atom. The first-order valence-electron chi connectivity index (χ1n) is 4.26. The van der Waals surface area contributed by atoms with Gasteiger partial charge in [-0.15, -0.1) is 0 Å². The molecule has 2 rings (SSSR count). The van der Waals surface area contributed by atoms with E-state index in [9.17, 15) is 0 Å². The third kappa shape index (κ3) is 1.66. The summed E-state index contributed by atoms with van der Waals surface area (Å²) in [5.74, 6) is 0. The molecule has 1 nitrogen and oxygen atoms in total. The molecule has 14 heavy (non-hydrogen) atoms. The van der Waals surface area contributed by atoms with Crippen molar-refractivity contribution in [3.63, 3.8) is 0 Å². The van der Waals surface area contributed by atoms with E-state index in [-0.39, 0.29) is 0 Å². The van der Waals surface area contributed by atoms with Crippen LogP contribution in [0.3, 0.4) is 0 Å². The monoisotopic (exact) mass is 313 g/mol. The zero-order valence-electron chi connectivity index (χ0n) is 7.67. The fourth-order valence-electron chi connectivity index (χ4n) is 1.44. The van der Waals surface area contributed by atoms with Crippen molar-refractivity contribution in [1.29, 1.82) is 0 Å². The van der Waals surface area contributed by atoms with Crippen LogP contribution in [0.15, 0.2) is 45.5 Å². The number of benzene rings is 1. The van der Waals surface area contributed by atoms with Gasteiger partial charge >= 0.3 is 0 Å². The molecule has 2 aromatic rings. The lowest BCUT2D eigenvalue weighted by Gasteiger charge is -2.07. The van der Waals surface area contributed by atoms with Gasteiger partial charge in [-0.2, -0.15) is 0 Å². The maximum absolute atomic E-state index is 3.58. The van der Waals surface area contributed by atoms with Gasteiger partial charge in [0.1, 0.15) is 0 Å². The van der Waals surface area contributed by atoms with Crippen molar-refractivity contribution in [3.05, 3.63) is 45.5 Å². The van der Waals surface area contributed by atoms with Crippen molar-refractivity contribution < 1.29 is 0 Å². The van der Waals surface area contributed by atoms with E-state index >= 15 is 0 Å². The zero-order valence-corrected chi connectivity index (χ0v) is 10.8. The predicted octanol–water partition coefficient (Wildman–Crippen LogP) is 4.22. The molecule has 1 aromatic carbocycles. The van der Waals surface area contributed by atoms with Gasteiger partial charge in [0.15, 0.2) is 0 Å². The predicted molar refractivity (Wildman–Crippen MR) is 66.2 cm³/mol. The molecule has 0 aliphatic heterocycles. The summed E-state index contributed by atoms with van der Waals surface area (Å²) in [6, 6.07) is 10.3. The van der Waals surface area contributed by atoms with Gasteiger partial charge in [-0.3, -0.25) is 0 Å². The van der Waals surface area contributed by atoms with Crippen LogP contribution in [0.5, 0.6) is 0 Å². The van der Waals surface area contributed by atoms with Gasteiger partial charge in [0.2, 0.25) is 0 Å². The van der Waals surface area contributed by atoms with Crippen LogP contribution < -0.4 is 0 Å². The van der Waals surface area contributed by atoms with E-state index in [2.05, 4.69) is 48.6 Å². The lowest BCUT2D eigenvalue weighted by atomic mass is 10.1. The minimum atomic E-state index is 1.08. The molecule has 1 aromatic heterocycles. The third-order valence-electron chi connectivity index (χ3n) is 2.17. The van der Waals surface area contributed by atoms with E-state index < -0.39 is 0 Å². The zero-order chi connectivity index (χ0) is 10.1. The van der Waals surface area contributed by atoms with Crippen molar-refractivity contribution in [2.75, 3.05) is 0 Å². The fourth-order valence-corrected chi connectivity index (χ4v) is 2.28. The van der Waals surface area contributed by atoms with Crippen molar-refractivity contribution in [2.24, 2.45) is 7.05 Å². The van der Waals surface area contributed by atoms with Crippen LogP contribution in [-0.4, -0.2) is 4.57 Å². The molecule has 0 fully saturated rings. The average molecular weight is 315 g/mol. The van der Waals surface area contributed by atoms with Crippen LogP contribution in [0.2, 0.25) is 0 Å². The smallest absolute Gasteiger partial charge is 0.0489 e. The molecular weight excluding hydrogens is 306 g/mol. The summed E-state index contributed by atoms with van der Waals surface area (Å²) >= 11 is 7.08. The lowest BCUT2D eigenvalue weighted by molar-refractivity contribution is 0.936. The highest BCUT2D eigenvalue weighted by Crippen LogP contribution is 2.33. The Labute approximate surface area is 100 Å². The summed E-state index contributed by atoms with van der Waals surface area (Å²) in [5.41, 5.74) is 2.41. The number of aromatic nitrogens is 1. The first kappa shape index (κ1) is 9.99. The van der Waals surface area contributed by atoms with Gasteiger partial charge in [-0.05, 0) is 50.1 Å². The highest BCUT2D eigenvalue weighted by atomic mass is 79.9. The number of hydrogen-bond donors (Lipinski definition) is 0. The number of hydrogen-bond acceptors (Lipinski definition) is 0. The van der Waals surface area contributed by atoms with E-state index in [4.69, 9.17) is 0 Å². The van der Waals surface area contributed by atoms with Crippen LogP contribution in [0, 0.1) is 0 Å². The SMILES string of the molecule is Cn1cccc1-c1cccc(Br)c1Br. The second-order valence-corrected chi connectivity index (χ2v) is 4.75. The molecule has 0 spiro atoms. The van der Waals surface area contributed by atoms with Crippen molar-refractivity contribution in [3.8, 4) is 11.3 Å². The molecule has 0 unspecified atom stereocenters. The average Bonchev–Trinajstić information content (AvgIpc) is 2.57. The van der Waals surface area contributed by atoms with Gasteiger partial charge in [0.05, 0.1) is 0 Å². The van der Waals surface area contributed by atoms with Gasteiger partial charge in [-0.25, -0.2) is 0 Å². The summed E-state index contributed by atoms with van der Waals surface area (Å²) in [6.07, 6.45) is 2.04. The van der Waals surface area contributed by atoms with Gasteiger partial charge in [-0.1, -0.05) is 12.1 Å². The Bertz CT molecular complexity index is 460. The normalized spacial score (nSPS) is 10.5. The Hall–Kier alpha value is -0.540. The molecule has 0 atom stereocenters. The highest BCUT2D eigenvalue weighted by Gasteiger charge is 2.07. The van der Waals surface area contributed by atoms with E-state index in [0.717, 1.165) is 8.95 Å². The molecule has 0 saturated carbocycles. The molecule has 72 valence electrons. The summed E-state index contributed by atoms with van der Waals surface area (Å²) in [4.78, 5) is 0. The molecule has 1 heterocycles. The Morgan fingerprint density at radius 2 is 1.86 bits per heavy atom. The number of rotatable bonds is 1. The summed E-state index contributed by atoms with van der Waals surface area (Å²) in [6.45, 7) is 0.